The molecule has 0 unspecified atom stereocenters. The average molecular weight is 183 g/mol. The molecular formula is C12H25N. The van der Waals surface area contributed by atoms with Crippen LogP contribution < -0.4 is 5.73 Å². The molecule has 1 aliphatic rings. The Bertz CT molecular complexity index is 143. The van der Waals surface area contributed by atoms with E-state index in [0.717, 1.165) is 11.8 Å². The summed E-state index contributed by atoms with van der Waals surface area (Å²) in [7, 11) is 0. The van der Waals surface area contributed by atoms with Crippen LogP contribution in [0.15, 0.2) is 0 Å². The molecule has 0 aliphatic heterocycles. The van der Waals surface area contributed by atoms with Crippen molar-refractivity contribution in [2.45, 2.75) is 64.8 Å². The first-order chi connectivity index (χ1) is 6.06. The molecule has 0 saturated heterocycles. The Morgan fingerprint density at radius 3 is 2.23 bits per heavy atom. The van der Waals surface area contributed by atoms with Crippen LogP contribution in [0.25, 0.3) is 0 Å². The van der Waals surface area contributed by atoms with Gasteiger partial charge in [0.05, 0.1) is 0 Å². The van der Waals surface area contributed by atoms with Crippen molar-refractivity contribution in [2.24, 2.45) is 17.6 Å². The van der Waals surface area contributed by atoms with Crippen molar-refractivity contribution in [1.82, 2.24) is 0 Å². The van der Waals surface area contributed by atoms with E-state index in [9.17, 15) is 0 Å². The van der Waals surface area contributed by atoms with Crippen molar-refractivity contribution in [1.29, 1.82) is 0 Å². The lowest BCUT2D eigenvalue weighted by Crippen LogP contribution is -2.44. The molecule has 2 N–H and O–H groups in total. The van der Waals surface area contributed by atoms with Gasteiger partial charge in [-0.2, -0.15) is 0 Å². The molecule has 0 heterocycles. The zero-order valence-electron chi connectivity index (χ0n) is 9.47. The highest BCUT2D eigenvalue weighted by molar-refractivity contribution is 4.90. The van der Waals surface area contributed by atoms with E-state index in [-0.39, 0.29) is 5.54 Å². The molecular weight excluding hydrogens is 158 g/mol. The van der Waals surface area contributed by atoms with Gasteiger partial charge >= 0.3 is 0 Å². The van der Waals surface area contributed by atoms with E-state index in [1.165, 1.54) is 38.5 Å². The molecule has 1 saturated carbocycles. The molecule has 1 heteroatoms. The second-order valence-electron chi connectivity index (χ2n) is 5.31. The Labute approximate surface area is 83.1 Å². The summed E-state index contributed by atoms with van der Waals surface area (Å²) in [5.41, 5.74) is 6.56. The Balaban J connectivity index is 2.37. The largest absolute Gasteiger partial charge is 0.325 e. The summed E-state index contributed by atoms with van der Waals surface area (Å²) < 4.78 is 0. The number of hydrogen-bond acceptors (Lipinski definition) is 1. The van der Waals surface area contributed by atoms with Crippen LogP contribution in [0.2, 0.25) is 0 Å². The highest BCUT2D eigenvalue weighted by Crippen LogP contribution is 2.35. The molecule has 1 rings (SSSR count). The lowest BCUT2D eigenvalue weighted by atomic mass is 9.73. The van der Waals surface area contributed by atoms with Gasteiger partial charge in [-0.1, -0.05) is 27.2 Å². The van der Waals surface area contributed by atoms with Crippen molar-refractivity contribution in [3.05, 3.63) is 0 Å². The minimum absolute atomic E-state index is 0.180. The summed E-state index contributed by atoms with van der Waals surface area (Å²) in [5.74, 6) is 1.71. The molecule has 0 spiro atoms. The highest BCUT2D eigenvalue weighted by Gasteiger charge is 2.31. The van der Waals surface area contributed by atoms with Crippen molar-refractivity contribution < 1.29 is 0 Å². The first-order valence-electron chi connectivity index (χ1n) is 5.84. The van der Waals surface area contributed by atoms with Gasteiger partial charge in [0.2, 0.25) is 0 Å². The smallest absolute Gasteiger partial charge is 0.0157 e. The third-order valence-electron chi connectivity index (χ3n) is 3.49. The summed E-state index contributed by atoms with van der Waals surface area (Å²) in [5, 5.41) is 0. The lowest BCUT2D eigenvalue weighted by Gasteiger charge is -2.38. The SMILES string of the molecule is CCC1CCC(N)(CC(C)C)CC1. The molecule has 0 aromatic heterocycles. The van der Waals surface area contributed by atoms with Crippen LogP contribution in [0.4, 0.5) is 0 Å². The second-order valence-corrected chi connectivity index (χ2v) is 5.31. The number of nitrogens with two attached hydrogens (primary N) is 1. The van der Waals surface area contributed by atoms with Crippen LogP contribution in [0.1, 0.15) is 59.3 Å². The van der Waals surface area contributed by atoms with E-state index >= 15 is 0 Å². The van der Waals surface area contributed by atoms with Crippen LogP contribution in [0.3, 0.4) is 0 Å². The fourth-order valence-electron chi connectivity index (χ4n) is 2.68. The molecule has 1 aliphatic carbocycles. The number of hydrogen-bond donors (Lipinski definition) is 1. The maximum Gasteiger partial charge on any atom is 0.0157 e. The van der Waals surface area contributed by atoms with Gasteiger partial charge in [-0.15, -0.1) is 0 Å². The van der Waals surface area contributed by atoms with Crippen LogP contribution in [0.5, 0.6) is 0 Å². The molecule has 0 bridgehead atoms. The van der Waals surface area contributed by atoms with Crippen molar-refractivity contribution in [3.8, 4) is 0 Å². The van der Waals surface area contributed by atoms with Crippen LogP contribution >= 0.6 is 0 Å². The molecule has 78 valence electrons. The Kier molecular flexibility index (Phi) is 3.78. The summed E-state index contributed by atoms with van der Waals surface area (Å²) >= 11 is 0. The zero-order valence-corrected chi connectivity index (χ0v) is 9.47. The Morgan fingerprint density at radius 1 is 1.31 bits per heavy atom. The van der Waals surface area contributed by atoms with Gasteiger partial charge in [-0.05, 0) is 43.9 Å². The molecule has 0 aromatic carbocycles. The van der Waals surface area contributed by atoms with Gasteiger partial charge in [0.1, 0.15) is 0 Å². The third-order valence-corrected chi connectivity index (χ3v) is 3.49. The van der Waals surface area contributed by atoms with Crippen LogP contribution in [0, 0.1) is 11.8 Å². The summed E-state index contributed by atoms with van der Waals surface area (Å²) in [6, 6.07) is 0. The monoisotopic (exact) mass is 183 g/mol. The minimum atomic E-state index is 0.180. The summed E-state index contributed by atoms with van der Waals surface area (Å²) in [4.78, 5) is 0. The van der Waals surface area contributed by atoms with Crippen molar-refractivity contribution in [2.75, 3.05) is 0 Å². The second kappa shape index (κ2) is 4.45. The van der Waals surface area contributed by atoms with Gasteiger partial charge in [0, 0.05) is 5.54 Å². The van der Waals surface area contributed by atoms with Crippen molar-refractivity contribution >= 4 is 0 Å². The molecule has 1 fully saturated rings. The van der Waals surface area contributed by atoms with Gasteiger partial charge in [-0.25, -0.2) is 0 Å². The Morgan fingerprint density at radius 2 is 1.85 bits per heavy atom. The minimum Gasteiger partial charge on any atom is -0.325 e. The zero-order chi connectivity index (χ0) is 9.90. The fourth-order valence-corrected chi connectivity index (χ4v) is 2.68. The molecule has 0 radical (unpaired) electrons. The Hall–Kier alpha value is -0.0400. The summed E-state index contributed by atoms with van der Waals surface area (Å²) in [6.45, 7) is 6.86. The van der Waals surface area contributed by atoms with E-state index in [2.05, 4.69) is 20.8 Å². The topological polar surface area (TPSA) is 26.0 Å². The van der Waals surface area contributed by atoms with Gasteiger partial charge in [0.25, 0.3) is 0 Å². The normalized spacial score (nSPS) is 35.3. The molecule has 0 amide bonds. The fraction of sp³-hybridized carbons (Fsp3) is 1.00. The molecule has 13 heavy (non-hydrogen) atoms. The van der Waals surface area contributed by atoms with Gasteiger partial charge in [-0.3, -0.25) is 0 Å². The van der Waals surface area contributed by atoms with Crippen LogP contribution in [-0.4, -0.2) is 5.54 Å². The van der Waals surface area contributed by atoms with Gasteiger partial charge < -0.3 is 5.73 Å². The standard InChI is InChI=1S/C12H25N/c1-4-11-5-7-12(13,8-6-11)9-10(2)3/h10-11H,4-9,13H2,1-3H3. The maximum atomic E-state index is 6.38. The third kappa shape index (κ3) is 3.30. The lowest BCUT2D eigenvalue weighted by molar-refractivity contribution is 0.200. The molecule has 1 nitrogen and oxygen atoms in total. The van der Waals surface area contributed by atoms with Crippen molar-refractivity contribution in [3.63, 3.8) is 0 Å². The first kappa shape index (κ1) is 11.0. The summed E-state index contributed by atoms with van der Waals surface area (Å²) in [6.07, 6.45) is 7.79. The predicted octanol–water partition coefficient (Wildman–Crippen LogP) is 3.33. The van der Waals surface area contributed by atoms with E-state index in [0.29, 0.717) is 0 Å². The molecule has 0 aromatic rings. The van der Waals surface area contributed by atoms with Gasteiger partial charge in [0.15, 0.2) is 0 Å². The molecule has 0 atom stereocenters. The number of rotatable bonds is 3. The van der Waals surface area contributed by atoms with E-state index < -0.39 is 0 Å². The quantitative estimate of drug-likeness (QED) is 0.713. The predicted molar refractivity (Wildman–Crippen MR) is 58.6 cm³/mol. The maximum absolute atomic E-state index is 6.38. The van der Waals surface area contributed by atoms with E-state index in [1.807, 2.05) is 0 Å². The van der Waals surface area contributed by atoms with Crippen LogP contribution in [-0.2, 0) is 0 Å². The van der Waals surface area contributed by atoms with E-state index in [1.54, 1.807) is 0 Å². The highest BCUT2D eigenvalue weighted by atomic mass is 14.7. The first-order valence-corrected chi connectivity index (χ1v) is 5.84. The van der Waals surface area contributed by atoms with E-state index in [4.69, 9.17) is 5.73 Å². The average Bonchev–Trinajstić information content (AvgIpc) is 2.04.